The fourth-order valence-corrected chi connectivity index (χ4v) is 2.94. The van der Waals surface area contributed by atoms with E-state index in [1.54, 1.807) is 0 Å². The second-order valence-corrected chi connectivity index (χ2v) is 5.85. The molecule has 1 heterocycles. The van der Waals surface area contributed by atoms with Gasteiger partial charge in [0.2, 0.25) is 5.91 Å². The van der Waals surface area contributed by atoms with Gasteiger partial charge in [0.25, 0.3) is 0 Å². The second-order valence-electron chi connectivity index (χ2n) is 5.85. The molecule has 0 aromatic heterocycles. The Balaban J connectivity index is 1.97. The molecule has 0 aromatic carbocycles. The number of rotatable bonds is 3. The molecule has 5 heteroatoms. The molecule has 5 nitrogen and oxygen atoms in total. The van der Waals surface area contributed by atoms with E-state index in [2.05, 4.69) is 24.2 Å². The largest absolute Gasteiger partial charge is 0.480 e. The molecule has 0 aromatic rings. The average molecular weight is 254 g/mol. The Bertz CT molecular complexity index is 352. The number of carbonyl (C=O) groups excluding carboxylic acids is 1. The Morgan fingerprint density at radius 1 is 1.39 bits per heavy atom. The quantitative estimate of drug-likeness (QED) is 0.727. The van der Waals surface area contributed by atoms with Gasteiger partial charge in [-0.25, -0.2) is 0 Å². The van der Waals surface area contributed by atoms with Gasteiger partial charge in [-0.05, 0) is 38.8 Å². The maximum Gasteiger partial charge on any atom is 0.319 e. The lowest BCUT2D eigenvalue weighted by molar-refractivity contribution is -0.162. The number of amides is 1. The number of carboxylic acids is 1. The normalized spacial score (nSPS) is 31.4. The van der Waals surface area contributed by atoms with Gasteiger partial charge in [-0.3, -0.25) is 9.59 Å². The van der Waals surface area contributed by atoms with E-state index in [1.807, 2.05) is 0 Å². The number of carboxylic acid groups (broad SMARTS) is 1. The average Bonchev–Trinajstić information content (AvgIpc) is 2.19. The lowest BCUT2D eigenvalue weighted by Crippen LogP contribution is -2.57. The van der Waals surface area contributed by atoms with E-state index in [0.717, 1.165) is 25.9 Å². The van der Waals surface area contributed by atoms with Gasteiger partial charge < -0.3 is 15.3 Å². The van der Waals surface area contributed by atoms with Gasteiger partial charge in [-0.15, -0.1) is 0 Å². The second kappa shape index (κ2) is 4.88. The predicted molar refractivity (Wildman–Crippen MR) is 67.1 cm³/mol. The monoisotopic (exact) mass is 254 g/mol. The van der Waals surface area contributed by atoms with Crippen LogP contribution in [0.1, 0.15) is 32.6 Å². The van der Waals surface area contributed by atoms with Crippen molar-refractivity contribution < 1.29 is 14.7 Å². The van der Waals surface area contributed by atoms with Gasteiger partial charge in [0, 0.05) is 12.6 Å². The van der Waals surface area contributed by atoms with Crippen molar-refractivity contribution >= 4 is 11.9 Å². The standard InChI is InChI=1S/C13H22N2O3/c1-9-8-15(2)7-4-10(9)14-11(16)13(12(17)18)5-3-6-13/h9-10H,3-8H2,1-2H3,(H,14,16)(H,17,18). The highest BCUT2D eigenvalue weighted by Crippen LogP contribution is 2.41. The van der Waals surface area contributed by atoms with E-state index < -0.39 is 11.4 Å². The zero-order valence-corrected chi connectivity index (χ0v) is 11.1. The Hall–Kier alpha value is -1.10. The number of likely N-dealkylation sites (tertiary alicyclic amines) is 1. The van der Waals surface area contributed by atoms with Gasteiger partial charge in [-0.1, -0.05) is 13.3 Å². The highest BCUT2D eigenvalue weighted by atomic mass is 16.4. The molecule has 1 aliphatic carbocycles. The molecule has 0 radical (unpaired) electrons. The van der Waals surface area contributed by atoms with E-state index >= 15 is 0 Å². The number of piperidine rings is 1. The van der Waals surface area contributed by atoms with Crippen LogP contribution < -0.4 is 5.32 Å². The lowest BCUT2D eigenvalue weighted by atomic mass is 9.68. The Labute approximate surface area is 108 Å². The number of aliphatic carboxylic acids is 1. The Morgan fingerprint density at radius 2 is 2.06 bits per heavy atom. The molecule has 2 unspecified atom stereocenters. The molecule has 0 bridgehead atoms. The zero-order chi connectivity index (χ0) is 13.3. The summed E-state index contributed by atoms with van der Waals surface area (Å²) in [5.41, 5.74) is -1.14. The molecule has 2 N–H and O–H groups in total. The van der Waals surface area contributed by atoms with Gasteiger partial charge in [-0.2, -0.15) is 0 Å². The van der Waals surface area contributed by atoms with Crippen LogP contribution in [0.3, 0.4) is 0 Å². The molecule has 2 atom stereocenters. The SMILES string of the molecule is CC1CN(C)CCC1NC(=O)C1(C(=O)O)CCC1. The summed E-state index contributed by atoms with van der Waals surface area (Å²) < 4.78 is 0. The first-order valence-electron chi connectivity index (χ1n) is 6.68. The van der Waals surface area contributed by atoms with Crippen LogP contribution in [0.25, 0.3) is 0 Å². The molecular weight excluding hydrogens is 232 g/mol. The Kier molecular flexibility index (Phi) is 3.61. The summed E-state index contributed by atoms with van der Waals surface area (Å²) in [5, 5.41) is 12.2. The summed E-state index contributed by atoms with van der Waals surface area (Å²) in [4.78, 5) is 25.7. The van der Waals surface area contributed by atoms with Crippen LogP contribution in [0.15, 0.2) is 0 Å². The topological polar surface area (TPSA) is 69.6 Å². The molecule has 18 heavy (non-hydrogen) atoms. The molecule has 0 spiro atoms. The van der Waals surface area contributed by atoms with E-state index in [9.17, 15) is 14.7 Å². The first-order chi connectivity index (χ1) is 8.45. The summed E-state index contributed by atoms with van der Waals surface area (Å²) in [6.07, 6.45) is 2.70. The van der Waals surface area contributed by atoms with Crippen molar-refractivity contribution in [1.82, 2.24) is 10.2 Å². The number of nitrogens with zero attached hydrogens (tertiary/aromatic N) is 1. The molecule has 102 valence electrons. The third kappa shape index (κ3) is 2.23. The summed E-state index contributed by atoms with van der Waals surface area (Å²) in [7, 11) is 2.07. The molecular formula is C13H22N2O3. The molecule has 2 rings (SSSR count). The molecule has 2 fully saturated rings. The van der Waals surface area contributed by atoms with Gasteiger partial charge in [0.15, 0.2) is 0 Å². The van der Waals surface area contributed by atoms with Crippen LogP contribution in [0.5, 0.6) is 0 Å². The fraction of sp³-hybridized carbons (Fsp3) is 0.846. The minimum absolute atomic E-state index is 0.116. The van der Waals surface area contributed by atoms with E-state index in [-0.39, 0.29) is 11.9 Å². The van der Waals surface area contributed by atoms with Crippen LogP contribution in [0.4, 0.5) is 0 Å². The third-order valence-corrected chi connectivity index (χ3v) is 4.48. The van der Waals surface area contributed by atoms with Crippen molar-refractivity contribution in [3.63, 3.8) is 0 Å². The number of hydrogen-bond acceptors (Lipinski definition) is 3. The summed E-state index contributed by atoms with van der Waals surface area (Å²) >= 11 is 0. The predicted octanol–water partition coefficient (Wildman–Crippen LogP) is 0.698. The summed E-state index contributed by atoms with van der Waals surface area (Å²) in [5.74, 6) is -0.867. The van der Waals surface area contributed by atoms with Crippen LogP contribution in [-0.4, -0.2) is 48.1 Å². The van der Waals surface area contributed by atoms with Crippen LogP contribution >= 0.6 is 0 Å². The number of carbonyl (C=O) groups is 2. The van der Waals surface area contributed by atoms with Crippen molar-refractivity contribution in [2.45, 2.75) is 38.6 Å². The molecule has 2 aliphatic rings. The van der Waals surface area contributed by atoms with Crippen LogP contribution in [0, 0.1) is 11.3 Å². The van der Waals surface area contributed by atoms with E-state index in [1.165, 1.54) is 0 Å². The molecule has 1 amide bonds. The zero-order valence-electron chi connectivity index (χ0n) is 11.1. The van der Waals surface area contributed by atoms with Gasteiger partial charge >= 0.3 is 5.97 Å². The molecule has 1 saturated carbocycles. The van der Waals surface area contributed by atoms with Crippen molar-refractivity contribution in [2.75, 3.05) is 20.1 Å². The highest BCUT2D eigenvalue weighted by Gasteiger charge is 2.51. The smallest absolute Gasteiger partial charge is 0.319 e. The summed E-state index contributed by atoms with van der Waals surface area (Å²) in [6.45, 7) is 4.01. The number of hydrogen-bond donors (Lipinski definition) is 2. The minimum Gasteiger partial charge on any atom is -0.480 e. The van der Waals surface area contributed by atoms with Crippen LogP contribution in [-0.2, 0) is 9.59 Å². The third-order valence-electron chi connectivity index (χ3n) is 4.48. The van der Waals surface area contributed by atoms with E-state index in [4.69, 9.17) is 0 Å². The van der Waals surface area contributed by atoms with Crippen LogP contribution in [0.2, 0.25) is 0 Å². The highest BCUT2D eigenvalue weighted by molar-refractivity contribution is 6.02. The van der Waals surface area contributed by atoms with Gasteiger partial charge in [0.05, 0.1) is 0 Å². The van der Waals surface area contributed by atoms with Crippen molar-refractivity contribution in [1.29, 1.82) is 0 Å². The first-order valence-corrected chi connectivity index (χ1v) is 6.68. The maximum absolute atomic E-state index is 12.2. The van der Waals surface area contributed by atoms with Crippen molar-refractivity contribution in [3.8, 4) is 0 Å². The molecule has 1 aliphatic heterocycles. The maximum atomic E-state index is 12.2. The molecule has 1 saturated heterocycles. The van der Waals surface area contributed by atoms with Gasteiger partial charge in [0.1, 0.15) is 5.41 Å². The lowest BCUT2D eigenvalue weighted by Gasteiger charge is -2.40. The summed E-state index contributed by atoms with van der Waals surface area (Å²) in [6, 6.07) is 0.116. The van der Waals surface area contributed by atoms with Crippen molar-refractivity contribution in [2.24, 2.45) is 11.3 Å². The Morgan fingerprint density at radius 3 is 2.50 bits per heavy atom. The number of nitrogens with one attached hydrogen (secondary N) is 1. The van der Waals surface area contributed by atoms with E-state index in [0.29, 0.717) is 18.8 Å². The first kappa shape index (κ1) is 13.3. The minimum atomic E-state index is -1.14. The fourth-order valence-electron chi connectivity index (χ4n) is 2.94. The van der Waals surface area contributed by atoms with Crippen molar-refractivity contribution in [3.05, 3.63) is 0 Å².